The van der Waals surface area contributed by atoms with Gasteiger partial charge in [0.05, 0.1) is 10.6 Å². The number of sulfone groups is 1. The van der Waals surface area contributed by atoms with Crippen molar-refractivity contribution in [1.82, 2.24) is 5.32 Å². The Morgan fingerprint density at radius 1 is 1.25 bits per heavy atom. The van der Waals surface area contributed by atoms with Crippen LogP contribution in [0, 0.1) is 6.92 Å². The number of amides is 1. The number of carbonyl (C=O) groups excluding carboxylic acids is 1. The third kappa shape index (κ3) is 5.33. The van der Waals surface area contributed by atoms with E-state index in [-0.39, 0.29) is 29.0 Å². The van der Waals surface area contributed by atoms with Crippen molar-refractivity contribution in [3.05, 3.63) is 29.8 Å². The van der Waals surface area contributed by atoms with E-state index in [0.717, 1.165) is 18.4 Å². The normalized spacial score (nSPS) is 12.9. The molecule has 0 fully saturated rings. The molecule has 112 valence electrons. The van der Waals surface area contributed by atoms with Crippen LogP contribution in [0.2, 0.25) is 0 Å². The Balaban J connectivity index is 2.55. The lowest BCUT2D eigenvalue weighted by Crippen LogP contribution is -2.33. The summed E-state index contributed by atoms with van der Waals surface area (Å²) in [6, 6.07) is 6.78. The Morgan fingerprint density at radius 3 is 2.40 bits per heavy atom. The van der Waals surface area contributed by atoms with Gasteiger partial charge in [-0.05, 0) is 32.4 Å². The Morgan fingerprint density at radius 2 is 1.85 bits per heavy atom. The molecule has 1 atom stereocenters. The van der Waals surface area contributed by atoms with Crippen LogP contribution in [0.4, 0.5) is 0 Å². The maximum absolute atomic E-state index is 12.1. The Hall–Kier alpha value is -1.36. The highest BCUT2D eigenvalue weighted by atomic mass is 32.2. The van der Waals surface area contributed by atoms with Crippen LogP contribution >= 0.6 is 0 Å². The van der Waals surface area contributed by atoms with E-state index in [1.165, 1.54) is 0 Å². The maximum atomic E-state index is 12.1. The average molecular weight is 297 g/mol. The predicted octanol–water partition coefficient (Wildman–Crippen LogP) is 2.46. The molecular formula is C15H23NO3S. The SMILES string of the molecule is CCC[C@@H](C)NC(=O)CCS(=O)(=O)c1ccc(C)cc1. The van der Waals surface area contributed by atoms with Crippen LogP contribution < -0.4 is 5.32 Å². The summed E-state index contributed by atoms with van der Waals surface area (Å²) >= 11 is 0. The van der Waals surface area contributed by atoms with Gasteiger partial charge in [0, 0.05) is 12.5 Å². The minimum Gasteiger partial charge on any atom is -0.354 e. The zero-order valence-electron chi connectivity index (χ0n) is 12.3. The van der Waals surface area contributed by atoms with Crippen LogP contribution in [0.15, 0.2) is 29.2 Å². The topological polar surface area (TPSA) is 63.2 Å². The molecule has 0 aromatic heterocycles. The summed E-state index contributed by atoms with van der Waals surface area (Å²) in [5.74, 6) is -0.359. The molecule has 4 nitrogen and oxygen atoms in total. The summed E-state index contributed by atoms with van der Waals surface area (Å²) in [5, 5.41) is 2.81. The average Bonchev–Trinajstić information content (AvgIpc) is 2.37. The van der Waals surface area contributed by atoms with Crippen molar-refractivity contribution in [3.8, 4) is 0 Å². The van der Waals surface area contributed by atoms with Crippen molar-refractivity contribution >= 4 is 15.7 Å². The van der Waals surface area contributed by atoms with E-state index in [1.807, 2.05) is 20.8 Å². The monoisotopic (exact) mass is 297 g/mol. The molecule has 0 radical (unpaired) electrons. The van der Waals surface area contributed by atoms with Gasteiger partial charge in [-0.3, -0.25) is 4.79 Å². The molecule has 0 aliphatic rings. The van der Waals surface area contributed by atoms with Crippen LogP contribution in [-0.2, 0) is 14.6 Å². The Bertz CT molecular complexity index is 535. The molecule has 0 spiro atoms. The first kappa shape index (κ1) is 16.7. The van der Waals surface area contributed by atoms with E-state index in [0.29, 0.717) is 0 Å². The molecule has 1 amide bonds. The van der Waals surface area contributed by atoms with Gasteiger partial charge in [0.15, 0.2) is 9.84 Å². The second kappa shape index (κ2) is 7.43. The zero-order valence-corrected chi connectivity index (χ0v) is 13.2. The van der Waals surface area contributed by atoms with Gasteiger partial charge in [-0.25, -0.2) is 8.42 Å². The second-order valence-corrected chi connectivity index (χ2v) is 7.25. The van der Waals surface area contributed by atoms with Crippen molar-refractivity contribution in [2.75, 3.05) is 5.75 Å². The summed E-state index contributed by atoms with van der Waals surface area (Å²) in [6.07, 6.45) is 1.89. The van der Waals surface area contributed by atoms with E-state index in [9.17, 15) is 13.2 Å². The van der Waals surface area contributed by atoms with Crippen molar-refractivity contribution in [2.45, 2.75) is 51.0 Å². The third-order valence-electron chi connectivity index (χ3n) is 3.11. The minimum absolute atomic E-state index is 0.00423. The van der Waals surface area contributed by atoms with Gasteiger partial charge in [-0.2, -0.15) is 0 Å². The molecule has 0 unspecified atom stereocenters. The summed E-state index contributed by atoms with van der Waals surface area (Å²) in [4.78, 5) is 12.0. The van der Waals surface area contributed by atoms with Gasteiger partial charge in [0.25, 0.3) is 0 Å². The van der Waals surface area contributed by atoms with Gasteiger partial charge in [0.1, 0.15) is 0 Å². The first-order chi connectivity index (χ1) is 9.35. The van der Waals surface area contributed by atoms with Crippen molar-refractivity contribution in [2.24, 2.45) is 0 Å². The molecule has 1 rings (SSSR count). The van der Waals surface area contributed by atoms with Crippen LogP contribution in [-0.4, -0.2) is 26.1 Å². The van der Waals surface area contributed by atoms with Gasteiger partial charge >= 0.3 is 0 Å². The number of benzene rings is 1. The number of aryl methyl sites for hydroxylation is 1. The van der Waals surface area contributed by atoms with Crippen LogP contribution in [0.3, 0.4) is 0 Å². The Labute approximate surface area is 121 Å². The molecule has 5 heteroatoms. The molecule has 0 aliphatic carbocycles. The molecule has 0 heterocycles. The van der Waals surface area contributed by atoms with E-state index >= 15 is 0 Å². The fourth-order valence-corrected chi connectivity index (χ4v) is 3.18. The fraction of sp³-hybridized carbons (Fsp3) is 0.533. The summed E-state index contributed by atoms with van der Waals surface area (Å²) in [7, 11) is -3.38. The maximum Gasteiger partial charge on any atom is 0.221 e. The highest BCUT2D eigenvalue weighted by Gasteiger charge is 2.16. The van der Waals surface area contributed by atoms with Crippen LogP contribution in [0.5, 0.6) is 0 Å². The molecule has 1 aromatic rings. The van der Waals surface area contributed by atoms with Gasteiger partial charge in [-0.1, -0.05) is 31.0 Å². The van der Waals surface area contributed by atoms with Crippen LogP contribution in [0.25, 0.3) is 0 Å². The van der Waals surface area contributed by atoms with Gasteiger partial charge < -0.3 is 5.32 Å². The first-order valence-electron chi connectivity index (χ1n) is 6.94. The van der Waals surface area contributed by atoms with Crippen molar-refractivity contribution in [3.63, 3.8) is 0 Å². The smallest absolute Gasteiger partial charge is 0.221 e. The zero-order chi connectivity index (χ0) is 15.2. The molecule has 0 bridgehead atoms. The lowest BCUT2D eigenvalue weighted by atomic mass is 10.2. The molecule has 0 saturated carbocycles. The molecule has 1 N–H and O–H groups in total. The molecule has 0 saturated heterocycles. The quantitative estimate of drug-likeness (QED) is 0.841. The molecule has 20 heavy (non-hydrogen) atoms. The highest BCUT2D eigenvalue weighted by Crippen LogP contribution is 2.13. The first-order valence-corrected chi connectivity index (χ1v) is 8.59. The van der Waals surface area contributed by atoms with E-state index in [4.69, 9.17) is 0 Å². The number of rotatable bonds is 7. The lowest BCUT2D eigenvalue weighted by Gasteiger charge is -2.12. The molecule has 1 aromatic carbocycles. The summed E-state index contributed by atoms with van der Waals surface area (Å²) in [5.41, 5.74) is 1.01. The summed E-state index contributed by atoms with van der Waals surface area (Å²) in [6.45, 7) is 5.87. The highest BCUT2D eigenvalue weighted by molar-refractivity contribution is 7.91. The van der Waals surface area contributed by atoms with Gasteiger partial charge in [-0.15, -0.1) is 0 Å². The van der Waals surface area contributed by atoms with Gasteiger partial charge in [0.2, 0.25) is 5.91 Å². The van der Waals surface area contributed by atoms with Crippen molar-refractivity contribution in [1.29, 1.82) is 0 Å². The van der Waals surface area contributed by atoms with Crippen LogP contribution in [0.1, 0.15) is 38.7 Å². The molecular weight excluding hydrogens is 274 g/mol. The largest absolute Gasteiger partial charge is 0.354 e. The molecule has 0 aliphatic heterocycles. The van der Waals surface area contributed by atoms with E-state index in [2.05, 4.69) is 5.32 Å². The second-order valence-electron chi connectivity index (χ2n) is 5.14. The van der Waals surface area contributed by atoms with Crippen molar-refractivity contribution < 1.29 is 13.2 Å². The number of hydrogen-bond donors (Lipinski definition) is 1. The Kier molecular flexibility index (Phi) is 6.20. The number of nitrogens with one attached hydrogen (secondary N) is 1. The summed E-state index contributed by atoms with van der Waals surface area (Å²) < 4.78 is 24.2. The number of carbonyl (C=O) groups is 1. The minimum atomic E-state index is -3.38. The standard InChI is InChI=1S/C15H23NO3S/c1-4-5-13(3)16-15(17)10-11-20(18,19)14-8-6-12(2)7-9-14/h6-9,13H,4-5,10-11H2,1-3H3,(H,16,17)/t13-/m1/s1. The fourth-order valence-electron chi connectivity index (χ4n) is 1.94. The third-order valence-corrected chi connectivity index (χ3v) is 4.84. The predicted molar refractivity (Wildman–Crippen MR) is 80.4 cm³/mol. The lowest BCUT2D eigenvalue weighted by molar-refractivity contribution is -0.121. The van der Waals surface area contributed by atoms with E-state index in [1.54, 1.807) is 24.3 Å². The number of hydrogen-bond acceptors (Lipinski definition) is 3. The van der Waals surface area contributed by atoms with E-state index < -0.39 is 9.84 Å².